The fourth-order valence-corrected chi connectivity index (χ4v) is 1.65. The summed E-state index contributed by atoms with van der Waals surface area (Å²) in [5.41, 5.74) is 7.77. The van der Waals surface area contributed by atoms with E-state index in [1.165, 1.54) is 0 Å². The van der Waals surface area contributed by atoms with Crippen LogP contribution in [0.3, 0.4) is 0 Å². The SMILES string of the molecule is COc1ccc(COc2cccc(CN)c2)cc1. The fraction of sp³-hybridized carbons (Fsp3) is 0.200. The van der Waals surface area contributed by atoms with Crippen LogP contribution in [-0.2, 0) is 13.2 Å². The average molecular weight is 243 g/mol. The van der Waals surface area contributed by atoms with E-state index in [0.29, 0.717) is 13.2 Å². The third kappa shape index (κ3) is 3.25. The molecule has 0 spiro atoms. The highest BCUT2D eigenvalue weighted by atomic mass is 16.5. The molecule has 0 aliphatic carbocycles. The second-order valence-electron chi connectivity index (χ2n) is 3.99. The molecule has 2 rings (SSSR count). The lowest BCUT2D eigenvalue weighted by Gasteiger charge is -2.08. The summed E-state index contributed by atoms with van der Waals surface area (Å²) in [6, 6.07) is 15.7. The standard InChI is InChI=1S/C15H17NO2/c1-17-14-7-5-12(6-8-14)11-18-15-4-2-3-13(9-15)10-16/h2-9H,10-11,16H2,1H3. The Hall–Kier alpha value is -2.00. The van der Waals surface area contributed by atoms with Gasteiger partial charge in [0.05, 0.1) is 7.11 Å². The van der Waals surface area contributed by atoms with E-state index in [1.807, 2.05) is 48.5 Å². The molecule has 2 N–H and O–H groups in total. The topological polar surface area (TPSA) is 44.5 Å². The molecule has 2 aromatic carbocycles. The largest absolute Gasteiger partial charge is 0.497 e. The normalized spacial score (nSPS) is 10.1. The summed E-state index contributed by atoms with van der Waals surface area (Å²) in [7, 11) is 1.66. The van der Waals surface area contributed by atoms with Gasteiger partial charge in [-0.2, -0.15) is 0 Å². The van der Waals surface area contributed by atoms with Crippen molar-refractivity contribution in [1.29, 1.82) is 0 Å². The number of ether oxygens (including phenoxy) is 2. The quantitative estimate of drug-likeness (QED) is 0.878. The van der Waals surface area contributed by atoms with E-state index in [0.717, 1.165) is 22.6 Å². The Morgan fingerprint density at radius 3 is 2.39 bits per heavy atom. The smallest absolute Gasteiger partial charge is 0.120 e. The number of rotatable bonds is 5. The zero-order chi connectivity index (χ0) is 12.8. The molecule has 0 amide bonds. The van der Waals surface area contributed by atoms with Crippen LogP contribution in [0.25, 0.3) is 0 Å². The first-order chi connectivity index (χ1) is 8.81. The molecule has 94 valence electrons. The van der Waals surface area contributed by atoms with Gasteiger partial charge in [-0.15, -0.1) is 0 Å². The Balaban J connectivity index is 1.97. The van der Waals surface area contributed by atoms with Gasteiger partial charge in [0.2, 0.25) is 0 Å². The molecule has 2 aromatic rings. The molecule has 0 aromatic heterocycles. The number of methoxy groups -OCH3 is 1. The molecule has 0 bridgehead atoms. The zero-order valence-corrected chi connectivity index (χ0v) is 10.4. The molecular formula is C15H17NO2. The van der Waals surface area contributed by atoms with Crippen LogP contribution in [-0.4, -0.2) is 7.11 Å². The van der Waals surface area contributed by atoms with Gasteiger partial charge in [0.15, 0.2) is 0 Å². The predicted molar refractivity (Wildman–Crippen MR) is 71.7 cm³/mol. The number of nitrogens with two attached hydrogens (primary N) is 1. The minimum Gasteiger partial charge on any atom is -0.497 e. The summed E-state index contributed by atoms with van der Waals surface area (Å²) < 4.78 is 10.8. The average Bonchev–Trinajstić information content (AvgIpc) is 2.46. The minimum atomic E-state index is 0.528. The zero-order valence-electron chi connectivity index (χ0n) is 10.4. The minimum absolute atomic E-state index is 0.528. The Labute approximate surface area is 107 Å². The van der Waals surface area contributed by atoms with E-state index < -0.39 is 0 Å². The Morgan fingerprint density at radius 1 is 0.944 bits per heavy atom. The molecule has 3 heteroatoms. The molecule has 0 heterocycles. The maximum Gasteiger partial charge on any atom is 0.120 e. The first kappa shape index (κ1) is 12.5. The summed E-state index contributed by atoms with van der Waals surface area (Å²) in [5, 5.41) is 0. The lowest BCUT2D eigenvalue weighted by molar-refractivity contribution is 0.305. The van der Waals surface area contributed by atoms with Gasteiger partial charge in [0.1, 0.15) is 18.1 Å². The molecular weight excluding hydrogens is 226 g/mol. The number of benzene rings is 2. The van der Waals surface area contributed by atoms with Gasteiger partial charge in [-0.3, -0.25) is 0 Å². The van der Waals surface area contributed by atoms with Crippen molar-refractivity contribution in [1.82, 2.24) is 0 Å². The van der Waals surface area contributed by atoms with Crippen molar-refractivity contribution in [2.45, 2.75) is 13.2 Å². The highest BCUT2D eigenvalue weighted by Crippen LogP contribution is 2.16. The first-order valence-corrected chi connectivity index (χ1v) is 5.86. The van der Waals surface area contributed by atoms with Crippen LogP contribution in [0, 0.1) is 0 Å². The molecule has 0 radical (unpaired) electrons. The van der Waals surface area contributed by atoms with Crippen LogP contribution < -0.4 is 15.2 Å². The number of hydrogen-bond donors (Lipinski definition) is 1. The van der Waals surface area contributed by atoms with Gasteiger partial charge in [0.25, 0.3) is 0 Å². The third-order valence-electron chi connectivity index (χ3n) is 2.70. The first-order valence-electron chi connectivity index (χ1n) is 5.86. The van der Waals surface area contributed by atoms with Crippen LogP contribution in [0.1, 0.15) is 11.1 Å². The van der Waals surface area contributed by atoms with Gasteiger partial charge < -0.3 is 15.2 Å². The molecule has 0 fully saturated rings. The van der Waals surface area contributed by atoms with Crippen molar-refractivity contribution >= 4 is 0 Å². The van der Waals surface area contributed by atoms with Crippen molar-refractivity contribution in [3.8, 4) is 11.5 Å². The third-order valence-corrected chi connectivity index (χ3v) is 2.70. The van der Waals surface area contributed by atoms with Crippen LogP contribution >= 0.6 is 0 Å². The van der Waals surface area contributed by atoms with Gasteiger partial charge in [0, 0.05) is 6.54 Å². The molecule has 18 heavy (non-hydrogen) atoms. The lowest BCUT2D eigenvalue weighted by Crippen LogP contribution is -1.98. The Bertz CT molecular complexity index is 494. The van der Waals surface area contributed by atoms with Gasteiger partial charge in [-0.05, 0) is 35.4 Å². The second kappa shape index (κ2) is 6.07. The van der Waals surface area contributed by atoms with Crippen molar-refractivity contribution < 1.29 is 9.47 Å². The van der Waals surface area contributed by atoms with Gasteiger partial charge in [-0.25, -0.2) is 0 Å². The predicted octanol–water partition coefficient (Wildman–Crippen LogP) is 2.73. The Kier molecular flexibility index (Phi) is 4.20. The van der Waals surface area contributed by atoms with E-state index in [4.69, 9.17) is 15.2 Å². The molecule has 0 saturated heterocycles. The van der Waals surface area contributed by atoms with E-state index in [1.54, 1.807) is 7.11 Å². The Morgan fingerprint density at radius 2 is 1.72 bits per heavy atom. The molecule has 0 aliphatic heterocycles. The van der Waals surface area contributed by atoms with Crippen molar-refractivity contribution in [2.24, 2.45) is 5.73 Å². The van der Waals surface area contributed by atoms with Gasteiger partial charge >= 0.3 is 0 Å². The summed E-state index contributed by atoms with van der Waals surface area (Å²) in [6.07, 6.45) is 0. The van der Waals surface area contributed by atoms with Crippen molar-refractivity contribution in [3.05, 3.63) is 59.7 Å². The molecule has 3 nitrogen and oxygen atoms in total. The summed E-state index contributed by atoms with van der Waals surface area (Å²) in [4.78, 5) is 0. The van der Waals surface area contributed by atoms with Crippen molar-refractivity contribution in [2.75, 3.05) is 7.11 Å². The maximum absolute atomic E-state index is 5.71. The van der Waals surface area contributed by atoms with E-state index in [9.17, 15) is 0 Å². The van der Waals surface area contributed by atoms with Crippen LogP contribution in [0.15, 0.2) is 48.5 Å². The van der Waals surface area contributed by atoms with Crippen LogP contribution in [0.2, 0.25) is 0 Å². The van der Waals surface area contributed by atoms with Crippen LogP contribution in [0.5, 0.6) is 11.5 Å². The summed E-state index contributed by atoms with van der Waals surface area (Å²) in [6.45, 7) is 1.07. The fourth-order valence-electron chi connectivity index (χ4n) is 1.65. The highest BCUT2D eigenvalue weighted by molar-refractivity contribution is 5.30. The molecule has 0 atom stereocenters. The van der Waals surface area contributed by atoms with Crippen LogP contribution in [0.4, 0.5) is 0 Å². The van der Waals surface area contributed by atoms with E-state index in [2.05, 4.69) is 0 Å². The summed E-state index contributed by atoms with van der Waals surface area (Å²) >= 11 is 0. The van der Waals surface area contributed by atoms with Gasteiger partial charge in [-0.1, -0.05) is 24.3 Å². The summed E-state index contributed by atoms with van der Waals surface area (Å²) in [5.74, 6) is 1.69. The molecule has 0 aliphatic rings. The maximum atomic E-state index is 5.71. The second-order valence-corrected chi connectivity index (χ2v) is 3.99. The number of hydrogen-bond acceptors (Lipinski definition) is 3. The van der Waals surface area contributed by atoms with E-state index in [-0.39, 0.29) is 0 Å². The van der Waals surface area contributed by atoms with E-state index >= 15 is 0 Å². The lowest BCUT2D eigenvalue weighted by atomic mass is 10.2. The monoisotopic (exact) mass is 243 g/mol. The van der Waals surface area contributed by atoms with Crippen molar-refractivity contribution in [3.63, 3.8) is 0 Å². The molecule has 0 unspecified atom stereocenters. The molecule has 0 saturated carbocycles. The highest BCUT2D eigenvalue weighted by Gasteiger charge is 1.98.